The van der Waals surface area contributed by atoms with Gasteiger partial charge in [0.2, 0.25) is 0 Å². The predicted octanol–water partition coefficient (Wildman–Crippen LogP) is 8.56. The molecule has 4 rings (SSSR count). The lowest BCUT2D eigenvalue weighted by atomic mass is 9.99. The van der Waals surface area contributed by atoms with Crippen molar-refractivity contribution in [3.63, 3.8) is 0 Å². The highest BCUT2D eigenvalue weighted by atomic mass is 19.3. The maximum Gasteiger partial charge on any atom is 0.429 e. The molecule has 0 bridgehead atoms. The fraction of sp³-hybridized carbons (Fsp3) is 0.154. The third-order valence-electron chi connectivity index (χ3n) is 5.52. The Kier molecular flexibility index (Phi) is 6.64. The van der Waals surface area contributed by atoms with Crippen LogP contribution >= 0.6 is 0 Å². The van der Waals surface area contributed by atoms with E-state index in [0.29, 0.717) is 30.7 Å². The summed E-state index contributed by atoms with van der Waals surface area (Å²) in [7, 11) is 0. The zero-order valence-electron chi connectivity index (χ0n) is 18.3. The second-order valence-electron chi connectivity index (χ2n) is 7.95. The van der Waals surface area contributed by atoms with E-state index in [1.165, 1.54) is 0 Å². The van der Waals surface area contributed by atoms with E-state index in [-0.39, 0.29) is 23.1 Å². The van der Waals surface area contributed by atoms with Crippen LogP contribution in [0.25, 0.3) is 21.9 Å². The first-order chi connectivity index (χ1) is 16.9. The van der Waals surface area contributed by atoms with Crippen LogP contribution in [0.2, 0.25) is 0 Å². The molecule has 1 nitrogen and oxygen atoms in total. The number of hydrogen-bond acceptors (Lipinski definition) is 1. The summed E-state index contributed by atoms with van der Waals surface area (Å²) in [6.07, 6.45) is -3.79. The molecule has 0 spiro atoms. The fourth-order valence-corrected chi connectivity index (χ4v) is 3.82. The number of alkyl halides is 2. The molecule has 0 atom stereocenters. The Morgan fingerprint density at radius 3 is 2.08 bits per heavy atom. The molecule has 0 fully saturated rings. The molecule has 0 aliphatic carbocycles. The van der Waals surface area contributed by atoms with Crippen LogP contribution in [-0.2, 0) is 12.5 Å². The number of hydrogen-bond donors (Lipinski definition) is 0. The summed E-state index contributed by atoms with van der Waals surface area (Å²) in [6, 6.07) is 6.11. The Morgan fingerprint density at radius 1 is 0.694 bits per heavy atom. The average molecular weight is 514 g/mol. The molecule has 10 heteroatoms. The van der Waals surface area contributed by atoms with Gasteiger partial charge < -0.3 is 4.74 Å². The number of aryl methyl sites for hydroxylation is 1. The summed E-state index contributed by atoms with van der Waals surface area (Å²) in [4.78, 5) is 0. The predicted molar refractivity (Wildman–Crippen MR) is 114 cm³/mol. The van der Waals surface area contributed by atoms with E-state index in [1.807, 2.05) is 0 Å². The van der Waals surface area contributed by atoms with E-state index in [2.05, 4.69) is 4.74 Å². The summed E-state index contributed by atoms with van der Waals surface area (Å²) in [6.45, 7) is 1.70. The summed E-state index contributed by atoms with van der Waals surface area (Å²) < 4.78 is 132. The zero-order valence-corrected chi connectivity index (χ0v) is 18.3. The minimum atomic E-state index is -4.38. The first kappa shape index (κ1) is 25.4. The lowest BCUT2D eigenvalue weighted by molar-refractivity contribution is -0.187. The first-order valence-electron chi connectivity index (χ1n) is 10.6. The summed E-state index contributed by atoms with van der Waals surface area (Å²) in [5.74, 6) is -11.7. The van der Waals surface area contributed by atoms with Crippen molar-refractivity contribution in [1.29, 1.82) is 0 Å². The van der Waals surface area contributed by atoms with E-state index in [9.17, 15) is 39.5 Å². The van der Waals surface area contributed by atoms with Gasteiger partial charge in [0.05, 0.1) is 5.39 Å². The molecular formula is C26H15F9O. The summed E-state index contributed by atoms with van der Waals surface area (Å²) in [5.41, 5.74) is -2.08. The largest absolute Gasteiger partial charge is 0.429 e. The molecule has 0 heterocycles. The van der Waals surface area contributed by atoms with Crippen LogP contribution in [0.5, 0.6) is 5.75 Å². The van der Waals surface area contributed by atoms with Gasteiger partial charge in [0, 0.05) is 11.6 Å². The molecule has 0 aliphatic heterocycles. The van der Waals surface area contributed by atoms with Crippen molar-refractivity contribution in [1.82, 2.24) is 0 Å². The number of ether oxygens (including phenoxy) is 1. The van der Waals surface area contributed by atoms with Crippen molar-refractivity contribution in [3.8, 4) is 16.9 Å². The van der Waals surface area contributed by atoms with E-state index in [0.717, 1.165) is 24.3 Å². The van der Waals surface area contributed by atoms with Gasteiger partial charge in [-0.3, -0.25) is 0 Å². The molecule has 0 saturated carbocycles. The lowest BCUT2D eigenvalue weighted by Gasteiger charge is -2.20. The molecule has 36 heavy (non-hydrogen) atoms. The molecule has 0 amide bonds. The first-order valence-corrected chi connectivity index (χ1v) is 10.6. The topological polar surface area (TPSA) is 9.23 Å². The molecule has 0 saturated heterocycles. The maximum atomic E-state index is 14.8. The molecule has 0 N–H and O–H groups in total. The summed E-state index contributed by atoms with van der Waals surface area (Å²) >= 11 is 0. The smallest absolute Gasteiger partial charge is 0.429 e. The van der Waals surface area contributed by atoms with Gasteiger partial charge in [-0.05, 0) is 59.3 Å². The van der Waals surface area contributed by atoms with Crippen molar-refractivity contribution < 1.29 is 44.3 Å². The van der Waals surface area contributed by atoms with Crippen LogP contribution in [0.15, 0.2) is 48.5 Å². The number of benzene rings is 4. The monoisotopic (exact) mass is 514 g/mol. The minimum Gasteiger partial charge on any atom is -0.429 e. The van der Waals surface area contributed by atoms with Crippen molar-refractivity contribution in [3.05, 3.63) is 100 Å². The molecule has 0 unspecified atom stereocenters. The third-order valence-corrected chi connectivity index (χ3v) is 5.52. The van der Waals surface area contributed by atoms with Gasteiger partial charge in [0.1, 0.15) is 22.9 Å². The highest BCUT2D eigenvalue weighted by molar-refractivity contribution is 5.88. The van der Waals surface area contributed by atoms with Crippen molar-refractivity contribution in [2.45, 2.75) is 25.9 Å². The molecule has 188 valence electrons. The van der Waals surface area contributed by atoms with Gasteiger partial charge in [-0.1, -0.05) is 19.4 Å². The minimum absolute atomic E-state index is 0.0879. The highest BCUT2D eigenvalue weighted by Gasteiger charge is 2.39. The number of rotatable bonds is 6. The molecule has 0 aliphatic rings. The van der Waals surface area contributed by atoms with Crippen LogP contribution in [0.4, 0.5) is 39.5 Å². The molecule has 0 radical (unpaired) electrons. The van der Waals surface area contributed by atoms with Crippen LogP contribution in [-0.4, -0.2) is 0 Å². The van der Waals surface area contributed by atoms with Crippen molar-refractivity contribution in [2.24, 2.45) is 0 Å². The third kappa shape index (κ3) is 4.47. The Morgan fingerprint density at radius 2 is 1.42 bits per heavy atom. The Bertz CT molecular complexity index is 1480. The van der Waals surface area contributed by atoms with E-state index < -0.39 is 68.9 Å². The number of halogens is 9. The van der Waals surface area contributed by atoms with Crippen LogP contribution in [0, 0.1) is 40.7 Å². The van der Waals surface area contributed by atoms with Crippen LogP contribution in [0.1, 0.15) is 24.5 Å². The molecular weight excluding hydrogens is 499 g/mol. The second-order valence-corrected chi connectivity index (χ2v) is 7.95. The summed E-state index contributed by atoms with van der Waals surface area (Å²) in [5, 5.41) is -1.26. The van der Waals surface area contributed by atoms with Crippen molar-refractivity contribution >= 4 is 10.8 Å². The van der Waals surface area contributed by atoms with Crippen LogP contribution < -0.4 is 4.74 Å². The quantitative estimate of drug-likeness (QED) is 0.185. The van der Waals surface area contributed by atoms with Gasteiger partial charge in [-0.2, -0.15) is 8.78 Å². The Balaban J connectivity index is 1.68. The number of fused-ring (bicyclic) bond motifs is 1. The fourth-order valence-electron chi connectivity index (χ4n) is 3.82. The SMILES string of the molecule is CCCc1ccc(C(F)(F)Oc2ccc(-c3cc(F)c4c(F)c(F)c(F)cc4c3)c(F)c2)c(F)c1F. The van der Waals surface area contributed by atoms with Gasteiger partial charge in [-0.15, -0.1) is 0 Å². The van der Waals surface area contributed by atoms with Gasteiger partial charge in [-0.25, -0.2) is 30.7 Å². The van der Waals surface area contributed by atoms with Gasteiger partial charge in [0.15, 0.2) is 29.1 Å². The van der Waals surface area contributed by atoms with E-state index in [4.69, 9.17) is 0 Å². The van der Waals surface area contributed by atoms with Gasteiger partial charge >= 0.3 is 6.11 Å². The zero-order chi connectivity index (χ0) is 26.4. The lowest BCUT2D eigenvalue weighted by Crippen LogP contribution is -2.24. The Hall–Kier alpha value is -3.69. The average Bonchev–Trinajstić information content (AvgIpc) is 2.80. The van der Waals surface area contributed by atoms with E-state index >= 15 is 0 Å². The van der Waals surface area contributed by atoms with Gasteiger partial charge in [0.25, 0.3) is 0 Å². The van der Waals surface area contributed by atoms with Crippen molar-refractivity contribution in [2.75, 3.05) is 0 Å². The molecule has 4 aromatic carbocycles. The normalized spacial score (nSPS) is 11.8. The van der Waals surface area contributed by atoms with E-state index in [1.54, 1.807) is 6.92 Å². The Labute approximate surface area is 198 Å². The molecule has 4 aromatic rings. The maximum absolute atomic E-state index is 14.8. The molecule has 0 aromatic heterocycles. The second kappa shape index (κ2) is 9.40. The van der Waals surface area contributed by atoms with Crippen LogP contribution in [0.3, 0.4) is 0 Å². The standard InChI is InChI=1S/C26H15F9O/c1-2-3-12-4-7-17(23(31)22(12)30)26(34,35)36-15-5-6-16(18(27)11-15)13-8-14-10-20(29)24(32)25(33)21(14)19(28)9-13/h4-11H,2-3H2,1H3. The highest BCUT2D eigenvalue weighted by Crippen LogP contribution is 2.37.